The zero-order valence-corrected chi connectivity index (χ0v) is 17.2. The van der Waals surface area contributed by atoms with Crippen molar-refractivity contribution < 1.29 is 22.7 Å². The van der Waals surface area contributed by atoms with E-state index in [2.05, 4.69) is 9.71 Å². The number of nitrogens with zero attached hydrogens (tertiary/aromatic N) is 2. The minimum absolute atomic E-state index is 0.0725. The molecule has 11 heteroatoms. The lowest BCUT2D eigenvalue weighted by Crippen LogP contribution is -2.26. The van der Waals surface area contributed by atoms with Gasteiger partial charge in [0.2, 0.25) is 10.0 Å². The lowest BCUT2D eigenvalue weighted by molar-refractivity contribution is -0.144. The summed E-state index contributed by atoms with van der Waals surface area (Å²) in [6, 6.07) is 7.27. The van der Waals surface area contributed by atoms with Crippen LogP contribution in [0.15, 0.2) is 51.6 Å². The molecule has 29 heavy (non-hydrogen) atoms. The SMILES string of the molecule is CCOc1ccc(S(=O)(=O)NCCC(=O)OCc2cc(=O)n3ccsc3n2)cc1. The highest BCUT2D eigenvalue weighted by atomic mass is 32.2. The second-order valence-corrected chi connectivity index (χ2v) is 8.49. The minimum Gasteiger partial charge on any atom is -0.494 e. The number of aromatic nitrogens is 2. The van der Waals surface area contributed by atoms with Crippen LogP contribution >= 0.6 is 11.3 Å². The van der Waals surface area contributed by atoms with E-state index in [4.69, 9.17) is 9.47 Å². The number of ether oxygens (including phenoxy) is 2. The lowest BCUT2D eigenvalue weighted by Gasteiger charge is -2.08. The van der Waals surface area contributed by atoms with Crippen LogP contribution in [0.2, 0.25) is 0 Å². The van der Waals surface area contributed by atoms with Gasteiger partial charge in [0.1, 0.15) is 12.4 Å². The fourth-order valence-corrected chi connectivity index (χ4v) is 4.21. The topological polar surface area (TPSA) is 116 Å². The molecule has 0 aliphatic rings. The van der Waals surface area contributed by atoms with Gasteiger partial charge in [-0.15, -0.1) is 11.3 Å². The molecule has 0 amide bonds. The standard InChI is InChI=1S/C18H19N3O6S2/c1-2-26-14-3-5-15(6-4-14)29(24,25)19-8-7-17(23)27-12-13-11-16(22)21-9-10-28-18(21)20-13/h3-6,9-11,19H,2,7-8,12H2,1H3. The lowest BCUT2D eigenvalue weighted by atomic mass is 10.3. The average molecular weight is 437 g/mol. The number of sulfonamides is 1. The molecule has 3 rings (SSSR count). The summed E-state index contributed by atoms with van der Waals surface area (Å²) in [5.41, 5.74) is 0.0752. The normalized spacial score (nSPS) is 11.5. The molecule has 0 bridgehead atoms. The van der Waals surface area contributed by atoms with Gasteiger partial charge in [0.25, 0.3) is 5.56 Å². The first kappa shape index (κ1) is 21.0. The summed E-state index contributed by atoms with van der Waals surface area (Å²) in [7, 11) is -3.75. The Labute approximate surface area is 171 Å². The second kappa shape index (κ2) is 9.16. The molecule has 0 saturated carbocycles. The van der Waals surface area contributed by atoms with Gasteiger partial charge in [0, 0.05) is 24.2 Å². The van der Waals surface area contributed by atoms with Crippen molar-refractivity contribution in [1.82, 2.24) is 14.1 Å². The molecule has 3 aromatic rings. The molecular formula is C18H19N3O6S2. The third-order valence-electron chi connectivity index (χ3n) is 3.80. The summed E-state index contributed by atoms with van der Waals surface area (Å²) in [6.45, 7) is 2.04. The molecule has 0 spiro atoms. The van der Waals surface area contributed by atoms with Crippen molar-refractivity contribution in [2.45, 2.75) is 24.8 Å². The molecule has 2 aromatic heterocycles. The summed E-state index contributed by atoms with van der Waals surface area (Å²) in [4.78, 5) is 28.6. The predicted octanol–water partition coefficient (Wildman–Crippen LogP) is 1.57. The monoisotopic (exact) mass is 437 g/mol. The Balaban J connectivity index is 1.49. The highest BCUT2D eigenvalue weighted by Gasteiger charge is 2.15. The highest BCUT2D eigenvalue weighted by Crippen LogP contribution is 2.15. The zero-order chi connectivity index (χ0) is 20.9. The summed E-state index contributed by atoms with van der Waals surface area (Å²) < 4.78 is 38.6. The maximum atomic E-state index is 12.2. The van der Waals surface area contributed by atoms with Gasteiger partial charge in [0.15, 0.2) is 4.96 Å². The summed E-state index contributed by atoms with van der Waals surface area (Å²) in [5, 5.41) is 1.73. The molecule has 1 N–H and O–H groups in total. The number of nitrogens with one attached hydrogen (secondary N) is 1. The Hall–Kier alpha value is -2.76. The van der Waals surface area contributed by atoms with Gasteiger partial charge in [0.05, 0.1) is 23.6 Å². The highest BCUT2D eigenvalue weighted by molar-refractivity contribution is 7.89. The van der Waals surface area contributed by atoms with Crippen molar-refractivity contribution >= 4 is 32.3 Å². The number of carbonyl (C=O) groups excluding carboxylic acids is 1. The molecule has 0 saturated heterocycles. The van der Waals surface area contributed by atoms with E-state index < -0.39 is 16.0 Å². The van der Waals surface area contributed by atoms with E-state index >= 15 is 0 Å². The van der Waals surface area contributed by atoms with E-state index in [0.717, 1.165) is 0 Å². The quantitative estimate of drug-likeness (QED) is 0.505. The van der Waals surface area contributed by atoms with Gasteiger partial charge in [-0.2, -0.15) is 0 Å². The summed E-state index contributed by atoms with van der Waals surface area (Å²) in [6.07, 6.45) is 1.46. The largest absolute Gasteiger partial charge is 0.494 e. The number of rotatable bonds is 9. The maximum Gasteiger partial charge on any atom is 0.307 e. The fraction of sp³-hybridized carbons (Fsp3) is 0.278. The molecule has 0 atom stereocenters. The number of esters is 1. The Kier molecular flexibility index (Phi) is 6.62. The first-order chi connectivity index (χ1) is 13.9. The second-order valence-electron chi connectivity index (χ2n) is 5.85. The maximum absolute atomic E-state index is 12.2. The number of hydrogen-bond acceptors (Lipinski definition) is 8. The van der Waals surface area contributed by atoms with Crippen LogP contribution in [-0.4, -0.2) is 36.9 Å². The van der Waals surface area contributed by atoms with E-state index in [0.29, 0.717) is 23.0 Å². The Morgan fingerprint density at radius 3 is 2.76 bits per heavy atom. The molecular weight excluding hydrogens is 418 g/mol. The van der Waals surface area contributed by atoms with Gasteiger partial charge in [-0.3, -0.25) is 14.0 Å². The number of hydrogen-bond donors (Lipinski definition) is 1. The first-order valence-corrected chi connectivity index (χ1v) is 11.1. The van der Waals surface area contributed by atoms with Crippen molar-refractivity contribution in [2.75, 3.05) is 13.2 Å². The van der Waals surface area contributed by atoms with Gasteiger partial charge in [-0.25, -0.2) is 18.1 Å². The van der Waals surface area contributed by atoms with Crippen molar-refractivity contribution in [3.63, 3.8) is 0 Å². The average Bonchev–Trinajstić information content (AvgIpc) is 3.16. The van der Waals surface area contributed by atoms with Gasteiger partial charge in [-0.1, -0.05) is 0 Å². The summed E-state index contributed by atoms with van der Waals surface area (Å²) in [5.74, 6) is -0.0309. The zero-order valence-electron chi connectivity index (χ0n) is 15.5. The molecule has 0 unspecified atom stereocenters. The number of benzene rings is 1. The van der Waals surface area contributed by atoms with E-state index in [1.54, 1.807) is 23.7 Å². The van der Waals surface area contributed by atoms with Crippen LogP contribution < -0.4 is 15.0 Å². The van der Waals surface area contributed by atoms with Crippen LogP contribution in [0.5, 0.6) is 5.75 Å². The van der Waals surface area contributed by atoms with E-state index in [1.807, 2.05) is 6.92 Å². The van der Waals surface area contributed by atoms with Gasteiger partial charge < -0.3 is 9.47 Å². The van der Waals surface area contributed by atoms with Crippen LogP contribution in [-0.2, 0) is 26.2 Å². The molecule has 2 heterocycles. The van der Waals surface area contributed by atoms with Crippen molar-refractivity contribution in [1.29, 1.82) is 0 Å². The molecule has 1 aromatic carbocycles. The van der Waals surface area contributed by atoms with Crippen molar-refractivity contribution in [3.05, 3.63) is 58.0 Å². The van der Waals surface area contributed by atoms with Crippen LogP contribution in [0, 0.1) is 0 Å². The number of carbonyl (C=O) groups is 1. The van der Waals surface area contributed by atoms with E-state index in [9.17, 15) is 18.0 Å². The smallest absolute Gasteiger partial charge is 0.307 e. The van der Waals surface area contributed by atoms with Gasteiger partial charge in [-0.05, 0) is 31.2 Å². The predicted molar refractivity (Wildman–Crippen MR) is 107 cm³/mol. The van der Waals surface area contributed by atoms with Crippen LogP contribution in [0.3, 0.4) is 0 Å². The summed E-state index contributed by atoms with van der Waals surface area (Å²) >= 11 is 1.29. The third kappa shape index (κ3) is 5.40. The Morgan fingerprint density at radius 2 is 2.03 bits per heavy atom. The van der Waals surface area contributed by atoms with Crippen LogP contribution in [0.4, 0.5) is 0 Å². The van der Waals surface area contributed by atoms with E-state index in [1.165, 1.54) is 33.9 Å². The number of fused-ring (bicyclic) bond motifs is 1. The number of thiazole rings is 1. The Morgan fingerprint density at radius 1 is 1.28 bits per heavy atom. The molecule has 0 fully saturated rings. The fourth-order valence-electron chi connectivity index (χ4n) is 2.44. The molecule has 154 valence electrons. The Bertz CT molecular complexity index is 1150. The molecule has 0 aliphatic carbocycles. The minimum atomic E-state index is -3.75. The van der Waals surface area contributed by atoms with Crippen molar-refractivity contribution in [3.8, 4) is 5.75 Å². The van der Waals surface area contributed by atoms with E-state index in [-0.39, 0.29) is 30.0 Å². The van der Waals surface area contributed by atoms with Gasteiger partial charge >= 0.3 is 5.97 Å². The first-order valence-electron chi connectivity index (χ1n) is 8.73. The van der Waals surface area contributed by atoms with Crippen LogP contribution in [0.1, 0.15) is 19.0 Å². The molecule has 0 aliphatic heterocycles. The third-order valence-corrected chi connectivity index (χ3v) is 6.04. The van der Waals surface area contributed by atoms with Crippen molar-refractivity contribution in [2.24, 2.45) is 0 Å². The molecule has 0 radical (unpaired) electrons. The van der Waals surface area contributed by atoms with Crippen LogP contribution in [0.25, 0.3) is 4.96 Å². The molecule has 9 nitrogen and oxygen atoms in total.